The molecule has 1 saturated heterocycles. The fourth-order valence-electron chi connectivity index (χ4n) is 4.47. The van der Waals surface area contributed by atoms with Gasteiger partial charge in [-0.3, -0.25) is 15.0 Å². The van der Waals surface area contributed by atoms with Crippen LogP contribution < -0.4 is 15.4 Å². The van der Waals surface area contributed by atoms with Gasteiger partial charge in [0.2, 0.25) is 0 Å². The molecule has 3 heterocycles. The van der Waals surface area contributed by atoms with Gasteiger partial charge in [-0.2, -0.15) is 0 Å². The van der Waals surface area contributed by atoms with Gasteiger partial charge < -0.3 is 24.1 Å². The van der Waals surface area contributed by atoms with Crippen molar-refractivity contribution in [2.24, 2.45) is 0 Å². The van der Waals surface area contributed by atoms with E-state index in [9.17, 15) is 23.5 Å². The lowest BCUT2D eigenvalue weighted by Gasteiger charge is -2.30. The Morgan fingerprint density at radius 3 is 2.73 bits per heavy atom. The van der Waals surface area contributed by atoms with Crippen molar-refractivity contribution in [3.8, 4) is 5.75 Å². The number of aliphatic hydroxyl groups is 1. The molecule has 10 nitrogen and oxygen atoms in total. The summed E-state index contributed by atoms with van der Waals surface area (Å²) >= 11 is -2.21. The fourth-order valence-corrected chi connectivity index (χ4v) is 5.01. The second-order valence-corrected chi connectivity index (χ2v) is 9.11. The Balaban J connectivity index is 1.56. The van der Waals surface area contributed by atoms with Gasteiger partial charge in [-0.15, -0.1) is 0 Å². The molecule has 1 aromatic heterocycles. The summed E-state index contributed by atoms with van der Waals surface area (Å²) in [6.07, 6.45) is -1.02. The molecule has 3 unspecified atom stereocenters. The van der Waals surface area contributed by atoms with E-state index in [0.717, 1.165) is 5.56 Å². The van der Waals surface area contributed by atoms with Crippen molar-refractivity contribution < 1.29 is 32.6 Å². The van der Waals surface area contributed by atoms with Crippen molar-refractivity contribution in [3.63, 3.8) is 0 Å². The number of aliphatic hydroxyl groups excluding tert-OH is 1. The van der Waals surface area contributed by atoms with E-state index in [2.05, 4.69) is 10.6 Å². The number of rotatable bonds is 5. The van der Waals surface area contributed by atoms with Crippen LogP contribution in [-0.4, -0.2) is 44.4 Å². The van der Waals surface area contributed by atoms with Crippen LogP contribution in [0.5, 0.6) is 5.75 Å². The minimum Gasteiger partial charge on any atom is -0.497 e. The zero-order valence-corrected chi connectivity index (χ0v) is 18.6. The topological polar surface area (TPSA) is 141 Å². The van der Waals surface area contributed by atoms with Crippen LogP contribution in [0.2, 0.25) is 0 Å². The number of imide groups is 1. The largest absolute Gasteiger partial charge is 0.497 e. The molecule has 11 heteroatoms. The summed E-state index contributed by atoms with van der Waals surface area (Å²) in [5, 5.41) is 16.5. The summed E-state index contributed by atoms with van der Waals surface area (Å²) in [5.41, 5.74) is 0.818. The van der Waals surface area contributed by atoms with E-state index in [1.807, 2.05) is 6.07 Å². The summed E-state index contributed by atoms with van der Waals surface area (Å²) < 4.78 is 32.3. The minimum absolute atomic E-state index is 0.0691. The molecular formula is C22H21N3O7S. The molecule has 172 valence electrons. The van der Waals surface area contributed by atoms with Gasteiger partial charge in [0.05, 0.1) is 12.0 Å². The summed E-state index contributed by atoms with van der Waals surface area (Å²) in [4.78, 5) is 27.0. The molecule has 33 heavy (non-hydrogen) atoms. The van der Waals surface area contributed by atoms with Crippen LogP contribution in [0.4, 0.5) is 4.79 Å². The predicted octanol–water partition coefficient (Wildman–Crippen LogP) is 1.87. The molecule has 2 aliphatic rings. The van der Waals surface area contributed by atoms with Gasteiger partial charge in [0.1, 0.15) is 23.3 Å². The number of fused-ring (bicyclic) bond motifs is 2. The maximum absolute atomic E-state index is 13.0. The van der Waals surface area contributed by atoms with Crippen molar-refractivity contribution in [1.82, 2.24) is 15.5 Å². The smallest absolute Gasteiger partial charge is 0.322 e. The number of aryl methyl sites for hydroxylation is 1. The molecule has 0 bridgehead atoms. The number of ether oxygens (including phenoxy) is 1. The molecule has 3 atom stereocenters. The maximum Gasteiger partial charge on any atom is 0.322 e. The van der Waals surface area contributed by atoms with Crippen LogP contribution in [0.3, 0.4) is 0 Å². The number of nitrogens with zero attached hydrogens (tertiary/aromatic N) is 1. The monoisotopic (exact) mass is 471 g/mol. The molecule has 3 aromatic rings. The van der Waals surface area contributed by atoms with Gasteiger partial charge in [0.15, 0.2) is 16.6 Å². The first kappa shape index (κ1) is 21.6. The lowest BCUT2D eigenvalue weighted by Crippen LogP contribution is -2.52. The second kappa shape index (κ2) is 7.66. The van der Waals surface area contributed by atoms with E-state index >= 15 is 0 Å². The summed E-state index contributed by atoms with van der Waals surface area (Å²) in [6.45, 7) is 1.97. The van der Waals surface area contributed by atoms with E-state index in [1.54, 1.807) is 36.1 Å². The van der Waals surface area contributed by atoms with Crippen LogP contribution in [0.1, 0.15) is 28.7 Å². The third kappa shape index (κ3) is 3.40. The molecule has 2 aromatic carbocycles. The molecule has 3 amide bonds. The normalized spacial score (nSPS) is 23.5. The van der Waals surface area contributed by atoms with Crippen LogP contribution >= 0.6 is 0 Å². The van der Waals surface area contributed by atoms with Crippen molar-refractivity contribution >= 4 is 34.0 Å². The molecule has 0 saturated carbocycles. The molecule has 0 radical (unpaired) electrons. The molecule has 4 N–H and O–H groups in total. The zero-order valence-electron chi connectivity index (χ0n) is 17.7. The standard InChI is InChI=1S/C22H21N3O7S/c1-11-5-13-6-18(32-16(13)8-17(11)33(29)30)22(20(27)23-21(28)24-22)10-25-9-12-3-4-14(31-2)7-15(12)19(25)26/h3-8,19,26H,9-10H2,1-2H3,(H,29,30)(H2,23,24,27,28). The fraction of sp³-hybridized carbons (Fsp3) is 0.273. The summed E-state index contributed by atoms with van der Waals surface area (Å²) in [6, 6.07) is 9.44. The van der Waals surface area contributed by atoms with E-state index in [0.29, 0.717) is 34.4 Å². The number of benzene rings is 2. The quantitative estimate of drug-likeness (QED) is 0.326. The number of nitrogens with one attached hydrogen (secondary N) is 2. The Morgan fingerprint density at radius 2 is 2.06 bits per heavy atom. The van der Waals surface area contributed by atoms with Crippen molar-refractivity contribution in [1.29, 1.82) is 0 Å². The Hall–Kier alpha value is -3.25. The van der Waals surface area contributed by atoms with Crippen LogP contribution in [0, 0.1) is 6.92 Å². The van der Waals surface area contributed by atoms with Gasteiger partial charge in [0, 0.05) is 30.1 Å². The van der Waals surface area contributed by atoms with Crippen molar-refractivity contribution in [2.75, 3.05) is 13.7 Å². The molecule has 2 aliphatic heterocycles. The first-order valence-electron chi connectivity index (χ1n) is 10.1. The third-order valence-electron chi connectivity index (χ3n) is 6.16. The Kier molecular flexibility index (Phi) is 5.01. The van der Waals surface area contributed by atoms with Crippen LogP contribution in [0.15, 0.2) is 45.7 Å². The average molecular weight is 471 g/mol. The first-order valence-corrected chi connectivity index (χ1v) is 11.2. The Bertz CT molecular complexity index is 1340. The highest BCUT2D eigenvalue weighted by Gasteiger charge is 2.53. The van der Waals surface area contributed by atoms with E-state index in [4.69, 9.17) is 9.15 Å². The van der Waals surface area contributed by atoms with Crippen LogP contribution in [0.25, 0.3) is 11.0 Å². The Morgan fingerprint density at radius 1 is 1.27 bits per heavy atom. The van der Waals surface area contributed by atoms with Gasteiger partial charge in [0.25, 0.3) is 5.91 Å². The number of urea groups is 1. The van der Waals surface area contributed by atoms with E-state index < -0.39 is 34.8 Å². The van der Waals surface area contributed by atoms with Crippen LogP contribution in [-0.2, 0) is 28.0 Å². The predicted molar refractivity (Wildman–Crippen MR) is 117 cm³/mol. The molecule has 1 fully saturated rings. The number of methoxy groups -OCH3 is 1. The summed E-state index contributed by atoms with van der Waals surface area (Å²) in [7, 11) is 1.54. The zero-order chi connectivity index (χ0) is 23.5. The highest BCUT2D eigenvalue weighted by atomic mass is 32.2. The number of carbonyl (C=O) groups is 2. The molecule has 0 aliphatic carbocycles. The first-order chi connectivity index (χ1) is 15.7. The second-order valence-electron chi connectivity index (χ2n) is 8.17. The number of amides is 3. The van der Waals surface area contributed by atoms with Gasteiger partial charge in [-0.05, 0) is 42.3 Å². The van der Waals surface area contributed by atoms with Gasteiger partial charge in [-0.25, -0.2) is 9.00 Å². The average Bonchev–Trinajstić information content (AvgIpc) is 3.41. The van der Waals surface area contributed by atoms with Crippen molar-refractivity contribution in [2.45, 2.75) is 30.1 Å². The lowest BCUT2D eigenvalue weighted by atomic mass is 9.95. The molecule has 0 spiro atoms. The summed E-state index contributed by atoms with van der Waals surface area (Å²) in [5.74, 6) is 0.137. The van der Waals surface area contributed by atoms with Crippen molar-refractivity contribution in [3.05, 3.63) is 58.8 Å². The highest BCUT2D eigenvalue weighted by molar-refractivity contribution is 7.79. The number of hydrogen-bond acceptors (Lipinski definition) is 7. The SMILES string of the molecule is COc1ccc2c(c1)C(O)N(CC1(c3cc4cc(C)c(S(=O)O)cc4o3)NC(=O)NC1=O)C2. The highest BCUT2D eigenvalue weighted by Crippen LogP contribution is 2.39. The maximum atomic E-state index is 13.0. The number of furan rings is 1. The van der Waals surface area contributed by atoms with E-state index in [-0.39, 0.29) is 17.2 Å². The molecule has 5 rings (SSSR count). The Labute approximate surface area is 190 Å². The number of hydrogen-bond donors (Lipinski definition) is 4. The lowest BCUT2D eigenvalue weighted by molar-refractivity contribution is -0.127. The third-order valence-corrected chi connectivity index (χ3v) is 6.97. The number of carbonyl (C=O) groups excluding carboxylic acids is 2. The van der Waals surface area contributed by atoms with Gasteiger partial charge in [-0.1, -0.05) is 6.07 Å². The molecular weight excluding hydrogens is 450 g/mol. The van der Waals surface area contributed by atoms with Gasteiger partial charge >= 0.3 is 6.03 Å². The van der Waals surface area contributed by atoms with E-state index in [1.165, 1.54) is 13.2 Å². The minimum atomic E-state index is -2.21.